The molecule has 1 atom stereocenters. The van der Waals surface area contributed by atoms with E-state index in [0.717, 1.165) is 24.3 Å². The van der Waals surface area contributed by atoms with Crippen molar-refractivity contribution >= 4 is 5.78 Å². The number of hydrogen-bond acceptors (Lipinski definition) is 3. The minimum Gasteiger partial charge on any atom is -0.493 e. The summed E-state index contributed by atoms with van der Waals surface area (Å²) in [6.45, 7) is 2.37. The van der Waals surface area contributed by atoms with E-state index in [4.69, 9.17) is 4.74 Å². The zero-order chi connectivity index (χ0) is 15.8. The van der Waals surface area contributed by atoms with Crippen molar-refractivity contribution in [3.05, 3.63) is 29.8 Å². The lowest BCUT2D eigenvalue weighted by atomic mass is 9.90. The first-order valence-electron chi connectivity index (χ1n) is 8.55. The SMILES string of the molecule is CC(=O)CCCC(O)c1cccc(OCC2CCCCC2)c1. The number of aliphatic hydroxyl groups excluding tert-OH is 1. The molecule has 1 aliphatic carbocycles. The summed E-state index contributed by atoms with van der Waals surface area (Å²) in [5.41, 5.74) is 0.879. The van der Waals surface area contributed by atoms with Gasteiger partial charge >= 0.3 is 0 Å². The molecular formula is C19H28O3. The van der Waals surface area contributed by atoms with Crippen molar-refractivity contribution in [1.29, 1.82) is 0 Å². The van der Waals surface area contributed by atoms with Gasteiger partial charge in [0.25, 0.3) is 0 Å². The molecule has 1 N–H and O–H groups in total. The van der Waals surface area contributed by atoms with Gasteiger partial charge in [0.15, 0.2) is 0 Å². The van der Waals surface area contributed by atoms with Crippen LogP contribution in [0.1, 0.15) is 70.0 Å². The van der Waals surface area contributed by atoms with Gasteiger partial charge in [-0.15, -0.1) is 0 Å². The van der Waals surface area contributed by atoms with Crippen LogP contribution in [0, 0.1) is 5.92 Å². The first-order valence-corrected chi connectivity index (χ1v) is 8.55. The topological polar surface area (TPSA) is 46.5 Å². The van der Waals surface area contributed by atoms with Crippen LogP contribution in [0.2, 0.25) is 0 Å². The third-order valence-electron chi connectivity index (χ3n) is 4.46. The molecule has 2 rings (SSSR count). The number of aliphatic hydroxyl groups is 1. The highest BCUT2D eigenvalue weighted by atomic mass is 16.5. The van der Waals surface area contributed by atoms with Crippen LogP contribution in [0.15, 0.2) is 24.3 Å². The Kier molecular flexibility index (Phi) is 6.91. The van der Waals surface area contributed by atoms with E-state index in [9.17, 15) is 9.90 Å². The molecule has 1 saturated carbocycles. The largest absolute Gasteiger partial charge is 0.493 e. The van der Waals surface area contributed by atoms with Crippen LogP contribution in [0.3, 0.4) is 0 Å². The molecule has 1 aliphatic rings. The summed E-state index contributed by atoms with van der Waals surface area (Å²) in [7, 11) is 0. The molecule has 22 heavy (non-hydrogen) atoms. The second-order valence-electron chi connectivity index (χ2n) is 6.50. The molecule has 0 aromatic heterocycles. The summed E-state index contributed by atoms with van der Waals surface area (Å²) in [5, 5.41) is 10.2. The van der Waals surface area contributed by atoms with E-state index < -0.39 is 6.10 Å². The number of ketones is 1. The predicted octanol–water partition coefficient (Wildman–Crippen LogP) is 4.44. The van der Waals surface area contributed by atoms with Crippen molar-refractivity contribution in [2.75, 3.05) is 6.61 Å². The molecule has 0 aliphatic heterocycles. The van der Waals surface area contributed by atoms with Gasteiger partial charge in [0, 0.05) is 6.42 Å². The Morgan fingerprint density at radius 3 is 2.82 bits per heavy atom. The second kappa shape index (κ2) is 8.94. The number of Topliss-reactive ketones (excluding diaryl/α,β-unsaturated/α-hetero) is 1. The average molecular weight is 304 g/mol. The summed E-state index contributed by atoms with van der Waals surface area (Å²) in [6.07, 6.45) is 7.91. The molecule has 0 saturated heterocycles. The van der Waals surface area contributed by atoms with Crippen LogP contribution in [0.4, 0.5) is 0 Å². The van der Waals surface area contributed by atoms with E-state index in [1.165, 1.54) is 32.1 Å². The minimum absolute atomic E-state index is 0.178. The fourth-order valence-corrected chi connectivity index (χ4v) is 3.09. The zero-order valence-corrected chi connectivity index (χ0v) is 13.6. The van der Waals surface area contributed by atoms with Crippen molar-refractivity contribution in [2.45, 2.75) is 64.4 Å². The molecule has 1 aromatic carbocycles. The normalized spacial score (nSPS) is 17.2. The van der Waals surface area contributed by atoms with Crippen molar-refractivity contribution in [2.24, 2.45) is 5.92 Å². The van der Waals surface area contributed by atoms with Crippen LogP contribution in [0.25, 0.3) is 0 Å². The van der Waals surface area contributed by atoms with Crippen LogP contribution in [-0.2, 0) is 4.79 Å². The Balaban J connectivity index is 1.81. The van der Waals surface area contributed by atoms with Gasteiger partial charge in [-0.25, -0.2) is 0 Å². The smallest absolute Gasteiger partial charge is 0.129 e. The second-order valence-corrected chi connectivity index (χ2v) is 6.50. The lowest BCUT2D eigenvalue weighted by molar-refractivity contribution is -0.117. The minimum atomic E-state index is -0.516. The number of hydrogen-bond donors (Lipinski definition) is 1. The summed E-state index contributed by atoms with van der Waals surface area (Å²) >= 11 is 0. The molecule has 0 bridgehead atoms. The molecule has 122 valence electrons. The maximum absolute atomic E-state index is 10.9. The third-order valence-corrected chi connectivity index (χ3v) is 4.46. The Hall–Kier alpha value is -1.35. The summed E-state index contributed by atoms with van der Waals surface area (Å²) < 4.78 is 5.91. The summed E-state index contributed by atoms with van der Waals surface area (Å²) in [5.74, 6) is 1.70. The van der Waals surface area contributed by atoms with Gasteiger partial charge in [-0.05, 0) is 56.2 Å². The van der Waals surface area contributed by atoms with Crippen molar-refractivity contribution in [3.63, 3.8) is 0 Å². The highest BCUT2D eigenvalue weighted by molar-refractivity contribution is 5.75. The van der Waals surface area contributed by atoms with Gasteiger partial charge in [-0.3, -0.25) is 0 Å². The number of benzene rings is 1. The van der Waals surface area contributed by atoms with Crippen LogP contribution < -0.4 is 4.74 Å². The quantitative estimate of drug-likeness (QED) is 0.772. The first-order chi connectivity index (χ1) is 10.6. The Bertz CT molecular complexity index is 464. The number of rotatable bonds is 8. The van der Waals surface area contributed by atoms with Crippen LogP contribution >= 0.6 is 0 Å². The maximum atomic E-state index is 10.9. The predicted molar refractivity (Wildman–Crippen MR) is 88.0 cm³/mol. The van der Waals surface area contributed by atoms with Crippen LogP contribution in [0.5, 0.6) is 5.75 Å². The number of carbonyl (C=O) groups excluding carboxylic acids is 1. The van der Waals surface area contributed by atoms with Gasteiger partial charge in [0.1, 0.15) is 11.5 Å². The summed E-state index contributed by atoms with van der Waals surface area (Å²) in [4.78, 5) is 10.9. The van der Waals surface area contributed by atoms with Crippen molar-refractivity contribution in [3.8, 4) is 5.75 Å². The van der Waals surface area contributed by atoms with E-state index in [0.29, 0.717) is 18.8 Å². The molecular weight excluding hydrogens is 276 g/mol. The van der Waals surface area contributed by atoms with Gasteiger partial charge in [-0.2, -0.15) is 0 Å². The molecule has 0 spiro atoms. The van der Waals surface area contributed by atoms with E-state index in [1.807, 2.05) is 24.3 Å². The van der Waals surface area contributed by atoms with E-state index in [1.54, 1.807) is 6.92 Å². The third kappa shape index (κ3) is 5.80. The maximum Gasteiger partial charge on any atom is 0.129 e. The molecule has 3 nitrogen and oxygen atoms in total. The van der Waals surface area contributed by atoms with Gasteiger partial charge < -0.3 is 14.6 Å². The molecule has 0 radical (unpaired) electrons. The highest BCUT2D eigenvalue weighted by Gasteiger charge is 2.14. The van der Waals surface area contributed by atoms with Gasteiger partial charge in [-0.1, -0.05) is 31.4 Å². The fraction of sp³-hybridized carbons (Fsp3) is 0.632. The van der Waals surface area contributed by atoms with Gasteiger partial charge in [0.2, 0.25) is 0 Å². The van der Waals surface area contributed by atoms with Crippen LogP contribution in [-0.4, -0.2) is 17.5 Å². The first kappa shape index (κ1) is 17.0. The Labute approximate surface area is 133 Å². The fourth-order valence-electron chi connectivity index (χ4n) is 3.09. The Morgan fingerprint density at radius 2 is 2.09 bits per heavy atom. The lowest BCUT2D eigenvalue weighted by Crippen LogP contribution is -2.15. The molecule has 1 aromatic rings. The molecule has 3 heteroatoms. The van der Waals surface area contributed by atoms with Gasteiger partial charge in [0.05, 0.1) is 12.7 Å². The zero-order valence-electron chi connectivity index (χ0n) is 13.6. The summed E-state index contributed by atoms with van der Waals surface area (Å²) in [6, 6.07) is 7.74. The van der Waals surface area contributed by atoms with Crippen molar-refractivity contribution in [1.82, 2.24) is 0 Å². The average Bonchev–Trinajstić information content (AvgIpc) is 2.54. The monoisotopic (exact) mass is 304 g/mol. The molecule has 0 amide bonds. The van der Waals surface area contributed by atoms with E-state index >= 15 is 0 Å². The van der Waals surface area contributed by atoms with Crippen molar-refractivity contribution < 1.29 is 14.6 Å². The standard InChI is InChI=1S/C19H28O3/c1-15(20)7-5-12-19(21)17-10-6-11-18(13-17)22-14-16-8-3-2-4-9-16/h6,10-11,13,16,19,21H,2-5,7-9,12,14H2,1H3. The molecule has 0 heterocycles. The molecule has 1 fully saturated rings. The number of ether oxygens (including phenoxy) is 1. The van der Waals surface area contributed by atoms with E-state index in [2.05, 4.69) is 0 Å². The lowest BCUT2D eigenvalue weighted by Gasteiger charge is -2.22. The number of carbonyl (C=O) groups is 1. The highest BCUT2D eigenvalue weighted by Crippen LogP contribution is 2.26. The van der Waals surface area contributed by atoms with E-state index in [-0.39, 0.29) is 5.78 Å². The molecule has 1 unspecified atom stereocenters. The Morgan fingerprint density at radius 1 is 1.32 bits per heavy atom.